The van der Waals surface area contributed by atoms with Gasteiger partial charge in [0, 0.05) is 5.92 Å². The topological polar surface area (TPSA) is 0 Å². The zero-order chi connectivity index (χ0) is 18.4. The second kappa shape index (κ2) is 8.15. The number of hydrogen-bond donors (Lipinski definition) is 0. The Balaban J connectivity index is 2.24. The predicted octanol–water partition coefficient (Wildman–Crippen LogP) is 6.28. The van der Waals surface area contributed by atoms with E-state index in [0.29, 0.717) is 5.56 Å². The molecule has 132 valence electrons. The number of aryl methyl sites for hydroxylation is 1. The quantitative estimate of drug-likeness (QED) is 0.338. The number of alkyl halides is 3. The van der Waals surface area contributed by atoms with Crippen molar-refractivity contribution in [3.8, 4) is 23.0 Å². The van der Waals surface area contributed by atoms with Crippen molar-refractivity contribution in [2.24, 2.45) is 0 Å². The highest BCUT2D eigenvalue weighted by atomic mass is 19.4. The van der Waals surface area contributed by atoms with E-state index in [-0.39, 0.29) is 5.56 Å². The highest BCUT2D eigenvalue weighted by Gasteiger charge is 2.23. The van der Waals surface area contributed by atoms with Gasteiger partial charge in [0.25, 0.3) is 0 Å². The smallest absolute Gasteiger partial charge is 0.205 e. The van der Waals surface area contributed by atoms with Gasteiger partial charge in [0.2, 0.25) is 0 Å². The summed E-state index contributed by atoms with van der Waals surface area (Å²) in [5.41, 5.74) is 1.10. The summed E-state index contributed by atoms with van der Waals surface area (Å²) in [4.78, 5) is 0. The minimum absolute atomic E-state index is 0.257. The van der Waals surface area contributed by atoms with Gasteiger partial charge in [0.05, 0.1) is 5.56 Å². The SMILES string of the molecule is CCCCCc1ccc(-c2cc(F)c(C#CC(F)(F)F)c(F)c2)cc1. The van der Waals surface area contributed by atoms with Crippen molar-refractivity contribution in [3.05, 3.63) is 59.2 Å². The van der Waals surface area contributed by atoms with Crippen LogP contribution in [0.2, 0.25) is 0 Å². The second-order valence-electron chi connectivity index (χ2n) is 5.72. The Morgan fingerprint density at radius 2 is 1.48 bits per heavy atom. The predicted molar refractivity (Wildman–Crippen MR) is 88.0 cm³/mol. The van der Waals surface area contributed by atoms with E-state index in [1.54, 1.807) is 12.1 Å². The average molecular weight is 352 g/mol. The molecule has 0 aliphatic carbocycles. The molecule has 0 amide bonds. The lowest BCUT2D eigenvalue weighted by molar-refractivity contribution is -0.0696. The van der Waals surface area contributed by atoms with Crippen molar-refractivity contribution < 1.29 is 22.0 Å². The molecular weight excluding hydrogens is 335 g/mol. The van der Waals surface area contributed by atoms with Crippen LogP contribution in [0.1, 0.15) is 37.3 Å². The Kier molecular flexibility index (Phi) is 6.19. The van der Waals surface area contributed by atoms with Crippen LogP contribution in [0.4, 0.5) is 22.0 Å². The van der Waals surface area contributed by atoms with Gasteiger partial charge in [-0.2, -0.15) is 13.2 Å². The van der Waals surface area contributed by atoms with E-state index in [4.69, 9.17) is 0 Å². The zero-order valence-corrected chi connectivity index (χ0v) is 13.7. The molecule has 2 rings (SSSR count). The van der Waals surface area contributed by atoms with Gasteiger partial charge in [-0.05, 0) is 41.7 Å². The molecule has 25 heavy (non-hydrogen) atoms. The summed E-state index contributed by atoms with van der Waals surface area (Å²) < 4.78 is 64.1. The molecular formula is C20H17F5. The Labute approximate surface area is 143 Å². The second-order valence-corrected chi connectivity index (χ2v) is 5.72. The Morgan fingerprint density at radius 3 is 2.00 bits per heavy atom. The number of halogens is 5. The van der Waals surface area contributed by atoms with Crippen LogP contribution in [0, 0.1) is 23.5 Å². The lowest BCUT2D eigenvalue weighted by atomic mass is 10.00. The molecule has 0 saturated heterocycles. The van der Waals surface area contributed by atoms with Crippen LogP contribution in [0.25, 0.3) is 11.1 Å². The molecule has 0 aromatic heterocycles. The minimum atomic E-state index is -4.80. The Bertz CT molecular complexity index is 753. The van der Waals surface area contributed by atoms with Gasteiger partial charge in [-0.3, -0.25) is 0 Å². The third kappa shape index (κ3) is 5.60. The van der Waals surface area contributed by atoms with Gasteiger partial charge in [-0.1, -0.05) is 50.0 Å². The van der Waals surface area contributed by atoms with Crippen molar-refractivity contribution in [2.45, 2.75) is 38.8 Å². The molecule has 2 aromatic carbocycles. The fraction of sp³-hybridized carbons (Fsp3) is 0.300. The molecule has 0 saturated carbocycles. The Hall–Kier alpha value is -2.35. The monoisotopic (exact) mass is 352 g/mol. The summed E-state index contributed by atoms with van der Waals surface area (Å²) in [6.45, 7) is 2.12. The Morgan fingerprint density at radius 1 is 0.880 bits per heavy atom. The summed E-state index contributed by atoms with van der Waals surface area (Å²) in [6.07, 6.45) is -0.529. The van der Waals surface area contributed by atoms with Crippen molar-refractivity contribution in [1.29, 1.82) is 0 Å². The van der Waals surface area contributed by atoms with Gasteiger partial charge in [0.1, 0.15) is 11.6 Å². The molecule has 2 aromatic rings. The first-order chi connectivity index (χ1) is 11.8. The number of unbranched alkanes of at least 4 members (excludes halogenated alkanes) is 2. The van der Waals surface area contributed by atoms with E-state index in [9.17, 15) is 22.0 Å². The fourth-order valence-corrected chi connectivity index (χ4v) is 2.44. The highest BCUT2D eigenvalue weighted by Crippen LogP contribution is 2.25. The minimum Gasteiger partial charge on any atom is -0.205 e. The number of rotatable bonds is 5. The molecule has 0 atom stereocenters. The fourth-order valence-electron chi connectivity index (χ4n) is 2.44. The molecule has 0 heterocycles. The zero-order valence-electron chi connectivity index (χ0n) is 13.7. The van der Waals surface area contributed by atoms with Crippen molar-refractivity contribution in [2.75, 3.05) is 0 Å². The summed E-state index contributed by atoms with van der Waals surface area (Å²) >= 11 is 0. The van der Waals surface area contributed by atoms with E-state index in [0.717, 1.165) is 49.3 Å². The van der Waals surface area contributed by atoms with Crippen LogP contribution in [0.5, 0.6) is 0 Å². The molecule has 0 spiro atoms. The van der Waals surface area contributed by atoms with Gasteiger partial charge in [0.15, 0.2) is 0 Å². The van der Waals surface area contributed by atoms with Crippen molar-refractivity contribution in [3.63, 3.8) is 0 Å². The van der Waals surface area contributed by atoms with Gasteiger partial charge >= 0.3 is 6.18 Å². The van der Waals surface area contributed by atoms with Crippen LogP contribution in [0.15, 0.2) is 36.4 Å². The summed E-state index contributed by atoms with van der Waals surface area (Å²) in [5, 5.41) is 0. The highest BCUT2D eigenvalue weighted by molar-refractivity contribution is 5.65. The normalized spacial score (nSPS) is 11.1. The summed E-state index contributed by atoms with van der Waals surface area (Å²) in [7, 11) is 0. The third-order valence-electron chi connectivity index (χ3n) is 3.73. The van der Waals surface area contributed by atoms with Gasteiger partial charge in [-0.15, -0.1) is 0 Å². The number of hydrogen-bond acceptors (Lipinski definition) is 0. The maximum Gasteiger partial charge on any atom is 0.458 e. The molecule has 0 radical (unpaired) electrons. The van der Waals surface area contributed by atoms with Crippen molar-refractivity contribution >= 4 is 0 Å². The molecule has 0 fully saturated rings. The standard InChI is InChI=1S/C20H17F5/c1-2-3-4-5-14-6-8-15(9-7-14)16-12-18(21)17(19(22)13-16)10-11-20(23,24)25/h6-9,12-13H,2-5H2,1H3. The van der Waals surface area contributed by atoms with E-state index in [1.165, 1.54) is 5.92 Å². The maximum atomic E-state index is 13.9. The van der Waals surface area contributed by atoms with Crippen molar-refractivity contribution in [1.82, 2.24) is 0 Å². The first kappa shape index (κ1) is 19.0. The van der Waals surface area contributed by atoms with Crippen LogP contribution in [-0.2, 0) is 6.42 Å². The van der Waals surface area contributed by atoms with E-state index in [2.05, 4.69) is 6.92 Å². The molecule has 0 unspecified atom stereocenters. The van der Waals surface area contributed by atoms with E-state index in [1.807, 2.05) is 12.1 Å². The van der Waals surface area contributed by atoms with Gasteiger partial charge < -0.3 is 0 Å². The lowest BCUT2D eigenvalue weighted by Gasteiger charge is -2.07. The third-order valence-corrected chi connectivity index (χ3v) is 3.73. The molecule has 0 aliphatic rings. The summed E-state index contributed by atoms with van der Waals surface area (Å²) in [5.74, 6) is 0.169. The molecule has 0 N–H and O–H groups in total. The largest absolute Gasteiger partial charge is 0.458 e. The average Bonchev–Trinajstić information content (AvgIpc) is 2.54. The van der Waals surface area contributed by atoms with Crippen LogP contribution in [-0.4, -0.2) is 6.18 Å². The molecule has 5 heteroatoms. The van der Waals surface area contributed by atoms with Gasteiger partial charge in [-0.25, -0.2) is 8.78 Å². The van der Waals surface area contributed by atoms with E-state index < -0.39 is 23.4 Å². The number of benzene rings is 2. The van der Waals surface area contributed by atoms with E-state index >= 15 is 0 Å². The first-order valence-corrected chi connectivity index (χ1v) is 7.98. The van der Waals surface area contributed by atoms with Crippen LogP contribution >= 0.6 is 0 Å². The van der Waals surface area contributed by atoms with Crippen LogP contribution in [0.3, 0.4) is 0 Å². The molecule has 0 bridgehead atoms. The maximum absolute atomic E-state index is 13.9. The molecule has 0 nitrogen and oxygen atoms in total. The first-order valence-electron chi connectivity index (χ1n) is 7.98. The molecule has 0 aliphatic heterocycles. The van der Waals surface area contributed by atoms with Crippen LogP contribution < -0.4 is 0 Å². The summed E-state index contributed by atoms with van der Waals surface area (Å²) in [6, 6.07) is 9.26. The lowest BCUT2D eigenvalue weighted by Crippen LogP contribution is -2.02.